The Morgan fingerprint density at radius 1 is 1.08 bits per heavy atom. The molecule has 1 N–H and O–H groups in total. The number of para-hydroxylation sites is 2. The Hall–Kier alpha value is -4.30. The predicted molar refractivity (Wildman–Crippen MR) is 143 cm³/mol. The number of amides is 1. The number of carbonyl (C=O) groups is 1. The van der Waals surface area contributed by atoms with Crippen molar-refractivity contribution in [1.82, 2.24) is 4.57 Å². The maximum Gasteiger partial charge on any atom is 0.271 e. The number of allylic oxidation sites excluding steroid dienone is 1. The molecule has 5 rings (SSSR count). The smallest absolute Gasteiger partial charge is 0.271 e. The second-order valence-electron chi connectivity index (χ2n) is 8.42. The zero-order valence-corrected chi connectivity index (χ0v) is 21.1. The molecule has 0 saturated carbocycles. The summed E-state index contributed by atoms with van der Waals surface area (Å²) in [6, 6.07) is 21.6. The van der Waals surface area contributed by atoms with Crippen LogP contribution < -0.4 is 24.9 Å². The van der Waals surface area contributed by atoms with Crippen LogP contribution >= 0.6 is 11.3 Å². The lowest BCUT2D eigenvalue weighted by Gasteiger charge is -2.25. The number of carbonyl (C=O) groups excluding carboxylic acids is 1. The van der Waals surface area contributed by atoms with E-state index in [9.17, 15) is 14.0 Å². The monoisotopic (exact) mass is 513 g/mol. The number of fused-ring (bicyclic) bond motifs is 1. The topological polar surface area (TPSA) is 72.7 Å². The molecular formula is C29H24FN3O3S. The minimum atomic E-state index is -0.773. The molecule has 186 valence electrons. The van der Waals surface area contributed by atoms with Crippen molar-refractivity contribution in [1.29, 1.82) is 0 Å². The molecule has 0 saturated heterocycles. The summed E-state index contributed by atoms with van der Waals surface area (Å²) in [6.45, 7) is 4.14. The van der Waals surface area contributed by atoms with E-state index in [1.54, 1.807) is 37.3 Å². The third-order valence-electron chi connectivity index (χ3n) is 5.99. The lowest BCUT2D eigenvalue weighted by Crippen LogP contribution is -2.40. The molecule has 0 radical (unpaired) electrons. The number of thiazole rings is 1. The largest absolute Gasteiger partial charge is 0.493 e. The van der Waals surface area contributed by atoms with E-state index in [0.29, 0.717) is 44.2 Å². The molecule has 1 atom stereocenters. The van der Waals surface area contributed by atoms with Gasteiger partial charge in [0.05, 0.1) is 28.5 Å². The Labute approximate surface area is 216 Å². The van der Waals surface area contributed by atoms with Crippen LogP contribution in [0.25, 0.3) is 6.08 Å². The molecule has 2 heterocycles. The lowest BCUT2D eigenvalue weighted by atomic mass is 9.95. The van der Waals surface area contributed by atoms with E-state index in [1.807, 2.05) is 49.4 Å². The SMILES string of the molecule is CCOc1ccccc1/C=c1\sc2n(c1=O)[C@H](c1ccc(F)cc1)C(C(=O)Nc1ccccc1)=C(C)N=2. The van der Waals surface area contributed by atoms with Gasteiger partial charge < -0.3 is 10.1 Å². The highest BCUT2D eigenvalue weighted by molar-refractivity contribution is 7.07. The summed E-state index contributed by atoms with van der Waals surface area (Å²) < 4.78 is 21.5. The van der Waals surface area contributed by atoms with E-state index in [4.69, 9.17) is 4.74 Å². The summed E-state index contributed by atoms with van der Waals surface area (Å²) in [7, 11) is 0. The zero-order valence-electron chi connectivity index (χ0n) is 20.3. The van der Waals surface area contributed by atoms with Crippen molar-refractivity contribution in [3.8, 4) is 5.75 Å². The van der Waals surface area contributed by atoms with Crippen molar-refractivity contribution in [3.05, 3.63) is 127 Å². The van der Waals surface area contributed by atoms with Crippen molar-refractivity contribution in [3.63, 3.8) is 0 Å². The van der Waals surface area contributed by atoms with E-state index in [0.717, 1.165) is 5.56 Å². The first-order valence-electron chi connectivity index (χ1n) is 11.8. The van der Waals surface area contributed by atoms with Gasteiger partial charge in [0, 0.05) is 11.3 Å². The maximum absolute atomic E-state index is 13.8. The summed E-state index contributed by atoms with van der Waals surface area (Å²) in [6.07, 6.45) is 1.78. The lowest BCUT2D eigenvalue weighted by molar-refractivity contribution is -0.113. The summed E-state index contributed by atoms with van der Waals surface area (Å²) in [5.41, 5.74) is 2.52. The number of anilines is 1. The number of rotatable bonds is 6. The van der Waals surface area contributed by atoms with E-state index in [-0.39, 0.29) is 11.5 Å². The van der Waals surface area contributed by atoms with Gasteiger partial charge in [-0.25, -0.2) is 9.38 Å². The molecule has 0 fully saturated rings. The Morgan fingerprint density at radius 2 is 1.78 bits per heavy atom. The Morgan fingerprint density at radius 3 is 2.51 bits per heavy atom. The van der Waals surface area contributed by atoms with Crippen LogP contribution in [0.5, 0.6) is 5.75 Å². The maximum atomic E-state index is 13.8. The van der Waals surface area contributed by atoms with Crippen LogP contribution in [0.1, 0.15) is 31.0 Å². The van der Waals surface area contributed by atoms with Gasteiger partial charge in [-0.2, -0.15) is 0 Å². The Balaban J connectivity index is 1.67. The van der Waals surface area contributed by atoms with Gasteiger partial charge in [0.15, 0.2) is 4.80 Å². The molecule has 1 aliphatic rings. The molecule has 0 spiro atoms. The van der Waals surface area contributed by atoms with Crippen LogP contribution in [-0.4, -0.2) is 17.1 Å². The van der Waals surface area contributed by atoms with Crippen LogP contribution in [0.4, 0.5) is 10.1 Å². The van der Waals surface area contributed by atoms with Gasteiger partial charge in [-0.1, -0.05) is 59.9 Å². The van der Waals surface area contributed by atoms with Crippen LogP contribution in [-0.2, 0) is 4.79 Å². The molecule has 8 heteroatoms. The summed E-state index contributed by atoms with van der Waals surface area (Å²) >= 11 is 1.24. The predicted octanol–water partition coefficient (Wildman–Crippen LogP) is 4.41. The van der Waals surface area contributed by atoms with Crippen molar-refractivity contribution >= 4 is 29.0 Å². The van der Waals surface area contributed by atoms with E-state index in [2.05, 4.69) is 10.3 Å². The van der Waals surface area contributed by atoms with E-state index >= 15 is 0 Å². The molecule has 1 aromatic heterocycles. The average molecular weight is 514 g/mol. The summed E-state index contributed by atoms with van der Waals surface area (Å²) in [5.74, 6) is -0.109. The highest BCUT2D eigenvalue weighted by Crippen LogP contribution is 2.31. The molecule has 0 aliphatic carbocycles. The summed E-state index contributed by atoms with van der Waals surface area (Å²) in [5, 5.41) is 2.90. The van der Waals surface area contributed by atoms with Gasteiger partial charge in [0.25, 0.3) is 11.5 Å². The molecule has 6 nitrogen and oxygen atoms in total. The number of hydrogen-bond acceptors (Lipinski definition) is 5. The minimum absolute atomic E-state index is 0.290. The first kappa shape index (κ1) is 24.4. The van der Waals surface area contributed by atoms with Gasteiger partial charge in [-0.3, -0.25) is 14.2 Å². The molecule has 1 aliphatic heterocycles. The number of benzene rings is 3. The fraction of sp³-hybridized carbons (Fsp3) is 0.138. The molecule has 4 aromatic rings. The third-order valence-corrected chi connectivity index (χ3v) is 6.97. The molecule has 3 aromatic carbocycles. The fourth-order valence-electron chi connectivity index (χ4n) is 4.32. The quantitative estimate of drug-likeness (QED) is 0.415. The van der Waals surface area contributed by atoms with Gasteiger partial charge >= 0.3 is 0 Å². The number of nitrogens with zero attached hydrogens (tertiary/aromatic N) is 2. The second kappa shape index (κ2) is 10.4. The van der Waals surface area contributed by atoms with Crippen molar-refractivity contribution in [2.45, 2.75) is 19.9 Å². The molecule has 0 bridgehead atoms. The zero-order chi connectivity index (χ0) is 25.9. The van der Waals surface area contributed by atoms with Crippen LogP contribution in [0, 0.1) is 5.82 Å². The Kier molecular flexibility index (Phi) is 6.83. The van der Waals surface area contributed by atoms with E-state index < -0.39 is 11.9 Å². The summed E-state index contributed by atoms with van der Waals surface area (Å²) in [4.78, 5) is 32.4. The Bertz CT molecular complexity index is 1670. The number of ether oxygens (including phenoxy) is 1. The highest BCUT2D eigenvalue weighted by atomic mass is 32.1. The van der Waals surface area contributed by atoms with Crippen molar-refractivity contribution in [2.24, 2.45) is 4.99 Å². The van der Waals surface area contributed by atoms with E-state index in [1.165, 1.54) is 28.0 Å². The van der Waals surface area contributed by atoms with Gasteiger partial charge in [0.1, 0.15) is 11.6 Å². The fourth-order valence-corrected chi connectivity index (χ4v) is 5.36. The van der Waals surface area contributed by atoms with Crippen LogP contribution in [0.15, 0.2) is 99.9 Å². The highest BCUT2D eigenvalue weighted by Gasteiger charge is 2.32. The second-order valence-corrected chi connectivity index (χ2v) is 9.43. The molecule has 0 unspecified atom stereocenters. The minimum Gasteiger partial charge on any atom is -0.493 e. The standard InChI is InChI=1S/C29H24FN3O3S/c1-3-36-23-12-8-7-9-20(23)17-24-28(35)33-26(19-13-15-21(30)16-14-19)25(18(2)31-29(33)37-24)27(34)32-22-10-5-4-6-11-22/h4-17,26H,3H2,1-2H3,(H,32,34)/b24-17-/t26-/m1/s1. The van der Waals surface area contributed by atoms with Gasteiger partial charge in [-0.05, 0) is 55.8 Å². The van der Waals surface area contributed by atoms with Crippen molar-refractivity contribution in [2.75, 3.05) is 11.9 Å². The van der Waals surface area contributed by atoms with Gasteiger partial charge in [-0.15, -0.1) is 0 Å². The molecule has 1 amide bonds. The average Bonchev–Trinajstić information content (AvgIpc) is 3.20. The first-order chi connectivity index (χ1) is 18.0. The molecular weight excluding hydrogens is 489 g/mol. The van der Waals surface area contributed by atoms with Gasteiger partial charge in [0.2, 0.25) is 0 Å². The van der Waals surface area contributed by atoms with Crippen LogP contribution in [0.2, 0.25) is 0 Å². The third kappa shape index (κ3) is 4.88. The number of halogens is 1. The first-order valence-corrected chi connectivity index (χ1v) is 12.6. The number of aromatic nitrogens is 1. The molecule has 37 heavy (non-hydrogen) atoms. The van der Waals surface area contributed by atoms with Crippen molar-refractivity contribution < 1.29 is 13.9 Å². The number of nitrogens with one attached hydrogen (secondary N) is 1. The normalized spacial score (nSPS) is 15.2. The van der Waals surface area contributed by atoms with Crippen LogP contribution in [0.3, 0.4) is 0 Å². The number of hydrogen-bond donors (Lipinski definition) is 1.